The third-order valence-corrected chi connectivity index (χ3v) is 5.24. The van der Waals surface area contributed by atoms with Crippen LogP contribution in [-0.4, -0.2) is 63.8 Å². The number of nitrogens with zero attached hydrogens (tertiary/aromatic N) is 4. The summed E-state index contributed by atoms with van der Waals surface area (Å²) in [6.45, 7) is 2.57. The summed E-state index contributed by atoms with van der Waals surface area (Å²) in [5.41, 5.74) is 0. The van der Waals surface area contributed by atoms with Crippen molar-refractivity contribution < 1.29 is 9.59 Å². The summed E-state index contributed by atoms with van der Waals surface area (Å²) in [7, 11) is 1.68. The van der Waals surface area contributed by atoms with Crippen LogP contribution < -0.4 is 5.32 Å². The quantitative estimate of drug-likeness (QED) is 0.883. The van der Waals surface area contributed by atoms with E-state index in [0.717, 1.165) is 16.0 Å². The molecule has 0 aromatic carbocycles. The highest BCUT2D eigenvalue weighted by Crippen LogP contribution is 2.29. The average molecular weight is 331 g/mol. The zero-order chi connectivity index (χ0) is 16.1. The summed E-state index contributed by atoms with van der Waals surface area (Å²) in [6, 6.07) is 1.67. The van der Waals surface area contributed by atoms with Crippen LogP contribution >= 0.6 is 11.3 Å². The van der Waals surface area contributed by atoms with Crippen LogP contribution in [0.1, 0.15) is 12.2 Å². The van der Waals surface area contributed by atoms with Gasteiger partial charge in [-0.15, -0.1) is 11.3 Å². The zero-order valence-corrected chi connectivity index (χ0v) is 13.8. The number of thiophene rings is 1. The van der Waals surface area contributed by atoms with Crippen molar-refractivity contribution in [1.82, 2.24) is 19.8 Å². The van der Waals surface area contributed by atoms with E-state index >= 15 is 0 Å². The summed E-state index contributed by atoms with van der Waals surface area (Å²) in [4.78, 5) is 37.5. The predicted molar refractivity (Wildman–Crippen MR) is 87.3 cm³/mol. The van der Waals surface area contributed by atoms with E-state index in [9.17, 15) is 9.59 Å². The van der Waals surface area contributed by atoms with Gasteiger partial charge in [0.1, 0.15) is 22.5 Å². The molecule has 2 fully saturated rings. The van der Waals surface area contributed by atoms with Gasteiger partial charge in [0, 0.05) is 19.6 Å². The van der Waals surface area contributed by atoms with Gasteiger partial charge in [0.05, 0.1) is 11.9 Å². The van der Waals surface area contributed by atoms with Crippen LogP contribution in [0.4, 0.5) is 5.82 Å². The average Bonchev–Trinajstić information content (AvgIpc) is 3.11. The van der Waals surface area contributed by atoms with E-state index in [1.807, 2.05) is 18.4 Å². The summed E-state index contributed by atoms with van der Waals surface area (Å²) < 4.78 is 0. The van der Waals surface area contributed by atoms with Crippen molar-refractivity contribution in [2.45, 2.75) is 25.4 Å². The lowest BCUT2D eigenvalue weighted by Gasteiger charge is -2.33. The Morgan fingerprint density at radius 2 is 2.17 bits per heavy atom. The first-order valence-corrected chi connectivity index (χ1v) is 8.43. The Morgan fingerprint density at radius 3 is 3.00 bits per heavy atom. The van der Waals surface area contributed by atoms with Gasteiger partial charge in [-0.2, -0.15) is 0 Å². The minimum atomic E-state index is -0.348. The third-order valence-electron chi connectivity index (χ3n) is 4.43. The normalized spacial score (nSPS) is 24.4. The fourth-order valence-electron chi connectivity index (χ4n) is 3.34. The largest absolute Gasteiger partial charge is 0.365 e. The van der Waals surface area contributed by atoms with Gasteiger partial charge in [0.2, 0.25) is 11.8 Å². The van der Waals surface area contributed by atoms with Crippen LogP contribution in [0.2, 0.25) is 0 Å². The molecule has 1 N–H and O–H groups in total. The number of aromatic nitrogens is 2. The Labute approximate surface area is 137 Å². The van der Waals surface area contributed by atoms with Crippen molar-refractivity contribution >= 4 is 39.2 Å². The molecule has 2 atom stereocenters. The third kappa shape index (κ3) is 2.33. The molecule has 8 heteroatoms. The maximum absolute atomic E-state index is 12.3. The van der Waals surface area contributed by atoms with Crippen LogP contribution in [0.5, 0.6) is 0 Å². The van der Waals surface area contributed by atoms with Crippen LogP contribution in [0.25, 0.3) is 10.2 Å². The topological polar surface area (TPSA) is 78.4 Å². The highest BCUT2D eigenvalue weighted by Gasteiger charge is 2.44. The second-order valence-electron chi connectivity index (χ2n) is 6.09. The SMILES string of the molecule is Cc1nc(N[C@@H]2C[C@H]3C(=O)N(C)CC(=O)N3C2)c2ccsc2n1. The Kier molecular flexibility index (Phi) is 3.22. The molecule has 2 aromatic heterocycles. The Balaban J connectivity index is 1.59. The molecular weight excluding hydrogens is 314 g/mol. The number of hydrogen-bond donors (Lipinski definition) is 1. The summed E-state index contributed by atoms with van der Waals surface area (Å²) in [6.07, 6.45) is 0.615. The molecule has 2 saturated heterocycles. The van der Waals surface area contributed by atoms with Crippen molar-refractivity contribution in [2.24, 2.45) is 0 Å². The molecular formula is C15H17N5O2S. The second-order valence-corrected chi connectivity index (χ2v) is 6.99. The van der Waals surface area contributed by atoms with E-state index < -0.39 is 0 Å². The van der Waals surface area contributed by atoms with Crippen LogP contribution in [-0.2, 0) is 9.59 Å². The molecule has 0 aliphatic carbocycles. The van der Waals surface area contributed by atoms with Gasteiger partial charge in [-0.05, 0) is 24.8 Å². The van der Waals surface area contributed by atoms with E-state index in [4.69, 9.17) is 0 Å². The van der Waals surface area contributed by atoms with Gasteiger partial charge in [-0.25, -0.2) is 9.97 Å². The Hall–Kier alpha value is -2.22. The van der Waals surface area contributed by atoms with Crippen molar-refractivity contribution in [2.75, 3.05) is 25.5 Å². The van der Waals surface area contributed by atoms with Gasteiger partial charge in [-0.3, -0.25) is 9.59 Å². The molecule has 23 heavy (non-hydrogen) atoms. The number of fused-ring (bicyclic) bond motifs is 2. The number of carbonyl (C=O) groups is 2. The molecule has 0 spiro atoms. The van der Waals surface area contributed by atoms with E-state index in [-0.39, 0.29) is 30.4 Å². The summed E-state index contributed by atoms with van der Waals surface area (Å²) in [5, 5.41) is 6.39. The lowest BCUT2D eigenvalue weighted by Crippen LogP contribution is -2.55. The van der Waals surface area contributed by atoms with Crippen LogP contribution in [0, 0.1) is 6.92 Å². The lowest BCUT2D eigenvalue weighted by atomic mass is 10.1. The van der Waals surface area contributed by atoms with Gasteiger partial charge in [0.15, 0.2) is 0 Å². The molecule has 0 saturated carbocycles. The molecule has 7 nitrogen and oxygen atoms in total. The van der Waals surface area contributed by atoms with Crippen molar-refractivity contribution in [3.05, 3.63) is 17.3 Å². The number of rotatable bonds is 2. The Morgan fingerprint density at radius 1 is 1.35 bits per heavy atom. The van der Waals surface area contributed by atoms with Crippen molar-refractivity contribution in [3.63, 3.8) is 0 Å². The number of amides is 2. The first kappa shape index (κ1) is 14.4. The van der Waals surface area contributed by atoms with E-state index in [2.05, 4.69) is 15.3 Å². The first-order chi connectivity index (χ1) is 11.0. The number of anilines is 1. The molecule has 2 aromatic rings. The van der Waals surface area contributed by atoms with Crippen molar-refractivity contribution in [1.29, 1.82) is 0 Å². The molecule has 120 valence electrons. The number of nitrogens with one attached hydrogen (secondary N) is 1. The molecule has 2 aliphatic rings. The van der Waals surface area contributed by atoms with Gasteiger partial charge >= 0.3 is 0 Å². The van der Waals surface area contributed by atoms with Gasteiger partial charge in [0.25, 0.3) is 0 Å². The standard InChI is InChI=1S/C15H17N5O2S/c1-8-16-13(10-3-4-23-14(10)17-8)18-9-5-11-15(22)19(2)7-12(21)20(11)6-9/h3-4,9,11H,5-7H2,1-2H3,(H,16,17,18)/t9-,11+/m1/s1. The van der Waals surface area contributed by atoms with E-state index in [0.29, 0.717) is 18.8 Å². The minimum absolute atomic E-state index is 0.0148. The maximum atomic E-state index is 12.3. The molecule has 2 amide bonds. The lowest BCUT2D eigenvalue weighted by molar-refractivity contribution is -0.152. The fourth-order valence-corrected chi connectivity index (χ4v) is 4.15. The number of hydrogen-bond acceptors (Lipinski definition) is 6. The smallest absolute Gasteiger partial charge is 0.245 e. The highest BCUT2D eigenvalue weighted by atomic mass is 32.1. The summed E-state index contributed by atoms with van der Waals surface area (Å²) >= 11 is 1.58. The van der Waals surface area contributed by atoms with E-state index in [1.54, 1.807) is 23.3 Å². The molecule has 0 bridgehead atoms. The molecule has 4 heterocycles. The fraction of sp³-hybridized carbons (Fsp3) is 0.467. The zero-order valence-electron chi connectivity index (χ0n) is 12.9. The number of likely N-dealkylation sites (N-methyl/N-ethyl adjacent to an activating group) is 1. The molecule has 0 unspecified atom stereocenters. The van der Waals surface area contributed by atoms with Gasteiger partial charge < -0.3 is 15.1 Å². The maximum Gasteiger partial charge on any atom is 0.245 e. The van der Waals surface area contributed by atoms with Crippen LogP contribution in [0.15, 0.2) is 11.4 Å². The minimum Gasteiger partial charge on any atom is -0.365 e. The number of aryl methyl sites for hydroxylation is 1. The van der Waals surface area contributed by atoms with Crippen LogP contribution in [0.3, 0.4) is 0 Å². The molecule has 0 radical (unpaired) electrons. The summed E-state index contributed by atoms with van der Waals surface area (Å²) in [5.74, 6) is 1.53. The van der Waals surface area contributed by atoms with E-state index in [1.165, 1.54) is 4.90 Å². The molecule has 2 aliphatic heterocycles. The molecule has 4 rings (SSSR count). The monoisotopic (exact) mass is 331 g/mol. The first-order valence-electron chi connectivity index (χ1n) is 7.56. The number of piperazine rings is 1. The predicted octanol–water partition coefficient (Wildman–Crippen LogP) is 0.853. The second kappa shape index (κ2) is 5.16. The Bertz CT molecular complexity index is 804. The van der Waals surface area contributed by atoms with Gasteiger partial charge in [-0.1, -0.05) is 0 Å². The van der Waals surface area contributed by atoms with Crippen molar-refractivity contribution in [3.8, 4) is 0 Å². The highest BCUT2D eigenvalue weighted by molar-refractivity contribution is 7.16. The number of carbonyl (C=O) groups excluding carboxylic acids is 2.